The zero-order chi connectivity index (χ0) is 14.5. The fourth-order valence-corrected chi connectivity index (χ4v) is 3.48. The van der Waals surface area contributed by atoms with E-state index in [1.165, 1.54) is 6.42 Å². The van der Waals surface area contributed by atoms with Gasteiger partial charge in [0.25, 0.3) is 0 Å². The first kappa shape index (κ1) is 16.5. The van der Waals surface area contributed by atoms with E-state index in [9.17, 15) is 9.90 Å². The minimum absolute atomic E-state index is 0.155. The lowest BCUT2D eigenvalue weighted by Crippen LogP contribution is -2.37. The third-order valence-electron chi connectivity index (χ3n) is 4.80. The lowest BCUT2D eigenvalue weighted by Gasteiger charge is -2.42. The van der Waals surface area contributed by atoms with Gasteiger partial charge in [-0.1, -0.05) is 33.6 Å². The molecule has 0 aromatic carbocycles. The minimum atomic E-state index is -0.695. The molecule has 1 aliphatic rings. The van der Waals surface area contributed by atoms with Crippen molar-refractivity contribution in [1.29, 1.82) is 0 Å². The smallest absolute Gasteiger partial charge is 0.303 e. The maximum atomic E-state index is 10.4. The Morgan fingerprint density at radius 3 is 2.53 bits per heavy atom. The van der Waals surface area contributed by atoms with E-state index < -0.39 is 5.97 Å². The molecule has 19 heavy (non-hydrogen) atoms. The number of hydrogen-bond donors (Lipinski definition) is 2. The summed E-state index contributed by atoms with van der Waals surface area (Å²) in [5, 5.41) is 18.9. The van der Waals surface area contributed by atoms with Gasteiger partial charge in [0.1, 0.15) is 0 Å². The monoisotopic (exact) mass is 270 g/mol. The summed E-state index contributed by atoms with van der Waals surface area (Å²) in [6, 6.07) is 0. The van der Waals surface area contributed by atoms with Crippen molar-refractivity contribution in [3.63, 3.8) is 0 Å². The Labute approximate surface area is 117 Å². The Bertz CT molecular complexity index is 288. The molecule has 3 atom stereocenters. The number of aliphatic hydroxyl groups is 1. The second-order valence-electron chi connectivity index (χ2n) is 6.98. The van der Waals surface area contributed by atoms with Crippen LogP contribution in [0.4, 0.5) is 0 Å². The third kappa shape index (κ3) is 5.52. The Morgan fingerprint density at radius 2 is 2.00 bits per heavy atom. The number of hydrogen-bond acceptors (Lipinski definition) is 2. The Morgan fingerprint density at radius 1 is 1.32 bits per heavy atom. The van der Waals surface area contributed by atoms with E-state index in [1.54, 1.807) is 0 Å². The summed E-state index contributed by atoms with van der Waals surface area (Å²) in [6.45, 7) is 6.68. The molecule has 112 valence electrons. The molecule has 0 spiro atoms. The van der Waals surface area contributed by atoms with Gasteiger partial charge in [-0.05, 0) is 49.4 Å². The summed E-state index contributed by atoms with van der Waals surface area (Å²) < 4.78 is 0. The molecule has 0 heterocycles. The van der Waals surface area contributed by atoms with Gasteiger partial charge in [0.15, 0.2) is 0 Å². The molecule has 0 bridgehead atoms. The van der Waals surface area contributed by atoms with E-state index in [2.05, 4.69) is 20.8 Å². The molecule has 0 saturated heterocycles. The van der Waals surface area contributed by atoms with Crippen molar-refractivity contribution < 1.29 is 15.0 Å². The fourth-order valence-electron chi connectivity index (χ4n) is 3.48. The summed E-state index contributed by atoms with van der Waals surface area (Å²) >= 11 is 0. The van der Waals surface area contributed by atoms with Crippen LogP contribution in [0, 0.1) is 17.3 Å². The van der Waals surface area contributed by atoms with Crippen LogP contribution in [0.2, 0.25) is 0 Å². The van der Waals surface area contributed by atoms with Gasteiger partial charge in [0.05, 0.1) is 6.10 Å². The van der Waals surface area contributed by atoms with Gasteiger partial charge < -0.3 is 10.2 Å². The van der Waals surface area contributed by atoms with Crippen LogP contribution in [0.25, 0.3) is 0 Å². The number of unbranched alkanes of at least 4 members (excludes halogenated alkanes) is 2. The molecule has 2 N–H and O–H groups in total. The Hall–Kier alpha value is -0.570. The number of rotatable bonds is 7. The maximum absolute atomic E-state index is 10.4. The predicted molar refractivity (Wildman–Crippen MR) is 77.0 cm³/mol. The SMILES string of the molecule is CC(C)C1CCC(C)(CCCCCC(=O)O)CC1O. The van der Waals surface area contributed by atoms with E-state index in [1.807, 2.05) is 0 Å². The standard InChI is InChI=1S/C16H30O3/c1-12(2)13-8-10-16(3,11-14(13)17)9-6-4-5-7-15(18)19/h12-14,17H,4-11H2,1-3H3,(H,18,19). The molecular weight excluding hydrogens is 240 g/mol. The van der Waals surface area contributed by atoms with Gasteiger partial charge in [-0.15, -0.1) is 0 Å². The normalized spacial score (nSPS) is 31.6. The van der Waals surface area contributed by atoms with Gasteiger partial charge in [0, 0.05) is 6.42 Å². The van der Waals surface area contributed by atoms with Gasteiger partial charge in [-0.25, -0.2) is 0 Å². The summed E-state index contributed by atoms with van der Waals surface area (Å²) in [4.78, 5) is 10.4. The van der Waals surface area contributed by atoms with Crippen LogP contribution in [0.15, 0.2) is 0 Å². The Balaban J connectivity index is 2.28. The largest absolute Gasteiger partial charge is 0.481 e. The van der Waals surface area contributed by atoms with Crippen LogP contribution >= 0.6 is 0 Å². The number of aliphatic hydroxyl groups excluding tert-OH is 1. The highest BCUT2D eigenvalue weighted by Crippen LogP contribution is 2.44. The topological polar surface area (TPSA) is 57.5 Å². The van der Waals surface area contributed by atoms with Gasteiger partial charge in [-0.2, -0.15) is 0 Å². The van der Waals surface area contributed by atoms with Gasteiger partial charge in [0.2, 0.25) is 0 Å². The highest BCUT2D eigenvalue weighted by molar-refractivity contribution is 5.66. The van der Waals surface area contributed by atoms with Crippen molar-refractivity contribution in [2.75, 3.05) is 0 Å². The van der Waals surface area contributed by atoms with E-state index in [0.717, 1.165) is 38.5 Å². The van der Waals surface area contributed by atoms with Crippen molar-refractivity contribution in [3.05, 3.63) is 0 Å². The fraction of sp³-hybridized carbons (Fsp3) is 0.938. The first-order chi connectivity index (χ1) is 8.84. The third-order valence-corrected chi connectivity index (χ3v) is 4.80. The number of carbonyl (C=O) groups is 1. The van der Waals surface area contributed by atoms with E-state index in [4.69, 9.17) is 5.11 Å². The average molecular weight is 270 g/mol. The Kier molecular flexibility index (Phi) is 6.31. The van der Waals surface area contributed by atoms with Crippen LogP contribution in [-0.4, -0.2) is 22.3 Å². The van der Waals surface area contributed by atoms with Crippen molar-refractivity contribution >= 4 is 5.97 Å². The molecule has 0 aromatic heterocycles. The van der Waals surface area contributed by atoms with Gasteiger partial charge in [-0.3, -0.25) is 4.79 Å². The van der Waals surface area contributed by atoms with Crippen LogP contribution in [0.3, 0.4) is 0 Å². The molecule has 1 rings (SSSR count). The second-order valence-corrected chi connectivity index (χ2v) is 6.98. The van der Waals surface area contributed by atoms with Crippen LogP contribution in [0.1, 0.15) is 72.1 Å². The number of carboxylic acid groups (broad SMARTS) is 1. The zero-order valence-corrected chi connectivity index (χ0v) is 12.7. The molecule has 0 aromatic rings. The zero-order valence-electron chi connectivity index (χ0n) is 12.7. The molecule has 1 fully saturated rings. The molecule has 3 unspecified atom stereocenters. The predicted octanol–water partition coefficient (Wildman–Crippen LogP) is 3.84. The average Bonchev–Trinajstić information content (AvgIpc) is 2.27. The maximum Gasteiger partial charge on any atom is 0.303 e. The molecule has 0 amide bonds. The second kappa shape index (κ2) is 7.28. The lowest BCUT2D eigenvalue weighted by molar-refractivity contribution is -0.137. The lowest BCUT2D eigenvalue weighted by atomic mass is 9.65. The van der Waals surface area contributed by atoms with Crippen molar-refractivity contribution in [2.45, 2.75) is 78.2 Å². The van der Waals surface area contributed by atoms with Gasteiger partial charge >= 0.3 is 5.97 Å². The minimum Gasteiger partial charge on any atom is -0.481 e. The van der Waals surface area contributed by atoms with Crippen molar-refractivity contribution in [2.24, 2.45) is 17.3 Å². The summed E-state index contributed by atoms with van der Waals surface area (Å²) in [7, 11) is 0. The highest BCUT2D eigenvalue weighted by Gasteiger charge is 2.37. The molecule has 0 radical (unpaired) electrons. The van der Waals surface area contributed by atoms with Crippen molar-refractivity contribution in [3.8, 4) is 0 Å². The summed E-state index contributed by atoms with van der Waals surface area (Å²) in [5.41, 5.74) is 0.258. The summed E-state index contributed by atoms with van der Waals surface area (Å²) in [5.74, 6) is 0.328. The highest BCUT2D eigenvalue weighted by atomic mass is 16.4. The molecule has 0 aliphatic heterocycles. The number of aliphatic carboxylic acids is 1. The molecule has 3 nitrogen and oxygen atoms in total. The molecule has 3 heteroatoms. The summed E-state index contributed by atoms with van der Waals surface area (Å²) in [6.07, 6.45) is 7.35. The number of carboxylic acids is 1. The first-order valence-corrected chi connectivity index (χ1v) is 7.74. The van der Waals surface area contributed by atoms with Crippen LogP contribution < -0.4 is 0 Å². The molecule has 1 saturated carbocycles. The quantitative estimate of drug-likeness (QED) is 0.691. The van der Waals surface area contributed by atoms with E-state index in [0.29, 0.717) is 11.8 Å². The molecule has 1 aliphatic carbocycles. The van der Waals surface area contributed by atoms with Crippen molar-refractivity contribution in [1.82, 2.24) is 0 Å². The van der Waals surface area contributed by atoms with E-state index >= 15 is 0 Å². The van der Waals surface area contributed by atoms with E-state index in [-0.39, 0.29) is 17.9 Å². The van der Waals surface area contributed by atoms with Crippen LogP contribution in [-0.2, 0) is 4.79 Å². The molecular formula is C16H30O3. The first-order valence-electron chi connectivity index (χ1n) is 7.74. The van der Waals surface area contributed by atoms with Crippen LogP contribution in [0.5, 0.6) is 0 Å².